The molecule has 28 heavy (non-hydrogen) atoms. The van der Waals surface area contributed by atoms with Crippen molar-refractivity contribution in [2.45, 2.75) is 63.2 Å². The van der Waals surface area contributed by atoms with Crippen LogP contribution >= 0.6 is 0 Å². The molecule has 4 unspecified atom stereocenters. The summed E-state index contributed by atoms with van der Waals surface area (Å²) in [6, 6.07) is 0. The Morgan fingerprint density at radius 3 is 1.43 bits per heavy atom. The van der Waals surface area contributed by atoms with Crippen LogP contribution in [-0.2, 0) is 38.1 Å². The minimum atomic E-state index is -1.03. The first-order valence-electron chi connectivity index (χ1n) is 9.26. The standard InChI is InChI=1S/C17H20N2O9/c20-11-1-2-12(21)18(11)15-9(5-7-25-15)27-17(24)28-10-6-8-26-16(10)19-13(22)3-4-14(19)23/h9-10,15-16H,1-8H2. The zero-order valence-electron chi connectivity index (χ0n) is 15.0. The number of hydrogen-bond donors (Lipinski definition) is 0. The van der Waals surface area contributed by atoms with Gasteiger partial charge in [-0.15, -0.1) is 0 Å². The van der Waals surface area contributed by atoms with Gasteiger partial charge in [0.05, 0.1) is 13.2 Å². The van der Waals surface area contributed by atoms with E-state index in [4.69, 9.17) is 18.9 Å². The van der Waals surface area contributed by atoms with E-state index < -0.39 is 30.8 Å². The fourth-order valence-electron chi connectivity index (χ4n) is 3.86. The van der Waals surface area contributed by atoms with Gasteiger partial charge in [-0.25, -0.2) is 4.79 Å². The second-order valence-corrected chi connectivity index (χ2v) is 6.98. The van der Waals surface area contributed by atoms with Gasteiger partial charge in [0.25, 0.3) is 0 Å². The smallest absolute Gasteiger partial charge is 0.426 e. The topological polar surface area (TPSA) is 129 Å². The van der Waals surface area contributed by atoms with E-state index in [0.29, 0.717) is 12.8 Å². The summed E-state index contributed by atoms with van der Waals surface area (Å²) in [4.78, 5) is 61.9. The fourth-order valence-corrected chi connectivity index (χ4v) is 3.86. The third-order valence-corrected chi connectivity index (χ3v) is 5.20. The van der Waals surface area contributed by atoms with E-state index >= 15 is 0 Å². The maximum absolute atomic E-state index is 12.3. The van der Waals surface area contributed by atoms with Gasteiger partial charge in [0.2, 0.25) is 23.6 Å². The quantitative estimate of drug-likeness (QED) is 0.463. The summed E-state index contributed by atoms with van der Waals surface area (Å²) in [6.07, 6.45) is -3.59. The van der Waals surface area contributed by atoms with Gasteiger partial charge in [-0.1, -0.05) is 0 Å². The van der Waals surface area contributed by atoms with Crippen molar-refractivity contribution in [3.8, 4) is 0 Å². The number of nitrogens with zero attached hydrogens (tertiary/aromatic N) is 2. The first kappa shape index (κ1) is 18.8. The third-order valence-electron chi connectivity index (χ3n) is 5.20. The largest absolute Gasteiger partial charge is 0.509 e. The van der Waals surface area contributed by atoms with Crippen LogP contribution < -0.4 is 0 Å². The van der Waals surface area contributed by atoms with Crippen LogP contribution in [0.5, 0.6) is 0 Å². The van der Waals surface area contributed by atoms with Gasteiger partial charge in [0, 0.05) is 38.5 Å². The van der Waals surface area contributed by atoms with Crippen molar-refractivity contribution in [1.29, 1.82) is 0 Å². The molecule has 4 aliphatic heterocycles. The van der Waals surface area contributed by atoms with E-state index in [-0.39, 0.29) is 62.5 Å². The van der Waals surface area contributed by atoms with Gasteiger partial charge in [-0.2, -0.15) is 0 Å². The summed E-state index contributed by atoms with van der Waals surface area (Å²) >= 11 is 0. The van der Waals surface area contributed by atoms with Crippen molar-refractivity contribution < 1.29 is 42.9 Å². The molecule has 11 nitrogen and oxygen atoms in total. The van der Waals surface area contributed by atoms with Crippen molar-refractivity contribution in [3.63, 3.8) is 0 Å². The molecule has 0 saturated carbocycles. The summed E-state index contributed by atoms with van der Waals surface area (Å²) in [5.41, 5.74) is 0. The highest BCUT2D eigenvalue weighted by atomic mass is 16.7. The van der Waals surface area contributed by atoms with Gasteiger partial charge >= 0.3 is 6.16 Å². The monoisotopic (exact) mass is 396 g/mol. The average Bonchev–Trinajstić information content (AvgIpc) is 3.40. The number of likely N-dealkylation sites (tertiary alicyclic amines) is 2. The predicted octanol–water partition coefficient (Wildman–Crippen LogP) is -0.332. The van der Waals surface area contributed by atoms with Crippen LogP contribution in [0.1, 0.15) is 38.5 Å². The Labute approximate surface area is 159 Å². The summed E-state index contributed by atoms with van der Waals surface area (Å²) in [7, 11) is 0. The molecule has 4 rings (SSSR count). The van der Waals surface area contributed by atoms with Crippen molar-refractivity contribution >= 4 is 29.8 Å². The lowest BCUT2D eigenvalue weighted by atomic mass is 10.2. The van der Waals surface area contributed by atoms with Crippen molar-refractivity contribution in [3.05, 3.63) is 0 Å². The summed E-state index contributed by atoms with van der Waals surface area (Å²) < 4.78 is 21.4. The van der Waals surface area contributed by atoms with E-state index in [9.17, 15) is 24.0 Å². The normalized spacial score (nSPS) is 33.3. The van der Waals surface area contributed by atoms with Gasteiger partial charge in [-0.05, 0) is 0 Å². The molecule has 0 aromatic heterocycles. The Bertz CT molecular complexity index is 633. The van der Waals surface area contributed by atoms with Gasteiger partial charge in [0.15, 0.2) is 24.7 Å². The Morgan fingerprint density at radius 2 is 1.07 bits per heavy atom. The zero-order chi connectivity index (χ0) is 19.8. The second-order valence-electron chi connectivity index (χ2n) is 6.98. The SMILES string of the molecule is O=C(OC1CCOC1N1C(=O)CCC1=O)OC1CCOC1N1C(=O)CCC1=O. The molecular formula is C17H20N2O9. The minimum Gasteiger partial charge on any atom is -0.426 e. The van der Waals surface area contributed by atoms with Crippen LogP contribution in [-0.4, -0.2) is 77.5 Å². The molecule has 0 bridgehead atoms. The Morgan fingerprint density at radius 1 is 0.714 bits per heavy atom. The third kappa shape index (κ3) is 3.35. The van der Waals surface area contributed by atoms with Crippen LogP contribution in [0.4, 0.5) is 4.79 Å². The number of amides is 4. The van der Waals surface area contributed by atoms with Gasteiger partial charge < -0.3 is 18.9 Å². The number of carbonyl (C=O) groups is 5. The first-order chi connectivity index (χ1) is 13.5. The number of hydrogen-bond acceptors (Lipinski definition) is 9. The van der Waals surface area contributed by atoms with Crippen LogP contribution in [0.2, 0.25) is 0 Å². The van der Waals surface area contributed by atoms with Crippen molar-refractivity contribution in [2.24, 2.45) is 0 Å². The van der Waals surface area contributed by atoms with Crippen molar-refractivity contribution in [1.82, 2.24) is 9.80 Å². The van der Waals surface area contributed by atoms with E-state index in [2.05, 4.69) is 0 Å². The number of imide groups is 2. The lowest BCUT2D eigenvalue weighted by molar-refractivity contribution is -0.159. The summed E-state index contributed by atoms with van der Waals surface area (Å²) in [5.74, 6) is -1.47. The highest BCUT2D eigenvalue weighted by Gasteiger charge is 2.47. The van der Waals surface area contributed by atoms with Crippen LogP contribution in [0, 0.1) is 0 Å². The maximum atomic E-state index is 12.3. The molecule has 4 amide bonds. The maximum Gasteiger partial charge on any atom is 0.509 e. The van der Waals surface area contributed by atoms with E-state index in [1.54, 1.807) is 0 Å². The predicted molar refractivity (Wildman–Crippen MR) is 86.0 cm³/mol. The molecule has 0 spiro atoms. The first-order valence-corrected chi connectivity index (χ1v) is 9.26. The molecule has 0 aliphatic carbocycles. The van der Waals surface area contributed by atoms with Gasteiger partial charge in [-0.3, -0.25) is 29.0 Å². The number of carbonyl (C=O) groups excluding carboxylic acids is 5. The van der Waals surface area contributed by atoms with Crippen LogP contribution in [0.3, 0.4) is 0 Å². The molecule has 0 aromatic rings. The van der Waals surface area contributed by atoms with E-state index in [1.807, 2.05) is 0 Å². The molecule has 4 atom stereocenters. The molecule has 4 fully saturated rings. The number of ether oxygens (including phenoxy) is 4. The lowest BCUT2D eigenvalue weighted by Crippen LogP contribution is -2.48. The van der Waals surface area contributed by atoms with E-state index in [0.717, 1.165) is 9.80 Å². The fraction of sp³-hybridized carbons (Fsp3) is 0.706. The lowest BCUT2D eigenvalue weighted by Gasteiger charge is -2.28. The second kappa shape index (κ2) is 7.47. The molecule has 0 N–H and O–H groups in total. The Kier molecular flexibility index (Phi) is 5.02. The average molecular weight is 396 g/mol. The molecule has 0 radical (unpaired) electrons. The minimum absolute atomic E-state index is 0.106. The molecule has 0 aromatic carbocycles. The van der Waals surface area contributed by atoms with Crippen LogP contribution in [0.15, 0.2) is 0 Å². The molecular weight excluding hydrogens is 376 g/mol. The highest BCUT2D eigenvalue weighted by Crippen LogP contribution is 2.29. The molecule has 11 heteroatoms. The Balaban J connectivity index is 1.37. The highest BCUT2D eigenvalue weighted by molar-refractivity contribution is 6.02. The Hall–Kier alpha value is -2.53. The summed E-state index contributed by atoms with van der Waals surface area (Å²) in [6.45, 7) is 0.456. The molecule has 152 valence electrons. The van der Waals surface area contributed by atoms with Crippen LogP contribution in [0.25, 0.3) is 0 Å². The van der Waals surface area contributed by atoms with E-state index in [1.165, 1.54) is 0 Å². The molecule has 4 aliphatic rings. The van der Waals surface area contributed by atoms with Crippen molar-refractivity contribution in [2.75, 3.05) is 13.2 Å². The molecule has 4 saturated heterocycles. The number of rotatable bonds is 4. The summed E-state index contributed by atoms with van der Waals surface area (Å²) in [5, 5.41) is 0. The van der Waals surface area contributed by atoms with Gasteiger partial charge in [0.1, 0.15) is 0 Å². The zero-order valence-corrected chi connectivity index (χ0v) is 15.0. The molecule has 4 heterocycles.